The molecule has 0 aromatic heterocycles. The molecule has 1 unspecified atom stereocenters. The first kappa shape index (κ1) is 16.0. The van der Waals surface area contributed by atoms with Crippen LogP contribution in [0.3, 0.4) is 0 Å². The first-order chi connectivity index (χ1) is 9.63. The van der Waals surface area contributed by atoms with E-state index in [9.17, 15) is 0 Å². The lowest BCUT2D eigenvalue weighted by atomic mass is 9.77. The Balaban J connectivity index is 2.20. The molecule has 1 N–H and O–H groups in total. The monoisotopic (exact) mass is 337 g/mol. The first-order valence-corrected chi connectivity index (χ1v) is 8.91. The van der Waals surface area contributed by atoms with Crippen LogP contribution in [-0.4, -0.2) is 6.54 Å². The van der Waals surface area contributed by atoms with E-state index in [-0.39, 0.29) is 0 Å². The molecule has 0 heterocycles. The van der Waals surface area contributed by atoms with E-state index in [1.54, 1.807) is 0 Å². The Morgan fingerprint density at radius 1 is 1.25 bits per heavy atom. The third-order valence-corrected chi connectivity index (χ3v) is 5.79. The van der Waals surface area contributed by atoms with E-state index in [0.717, 1.165) is 18.4 Å². The van der Waals surface area contributed by atoms with Crippen molar-refractivity contribution in [3.8, 4) is 0 Å². The molecule has 0 saturated heterocycles. The van der Waals surface area contributed by atoms with Gasteiger partial charge in [-0.15, -0.1) is 0 Å². The van der Waals surface area contributed by atoms with E-state index in [4.69, 9.17) is 0 Å². The fourth-order valence-electron chi connectivity index (χ4n) is 3.36. The van der Waals surface area contributed by atoms with Crippen molar-refractivity contribution in [1.82, 2.24) is 5.32 Å². The molecule has 0 amide bonds. The van der Waals surface area contributed by atoms with Gasteiger partial charge in [0.2, 0.25) is 0 Å². The second kappa shape index (κ2) is 7.61. The molecule has 0 spiro atoms. The third-order valence-electron chi connectivity index (χ3n) is 4.70. The van der Waals surface area contributed by atoms with Gasteiger partial charge >= 0.3 is 0 Å². The SMILES string of the molecule is CCCNC(c1cccc(C)c1Br)C1CCC(C)CC1. The van der Waals surface area contributed by atoms with Gasteiger partial charge in [0.05, 0.1) is 0 Å². The Hall–Kier alpha value is -0.340. The number of benzene rings is 1. The van der Waals surface area contributed by atoms with Crippen LogP contribution in [0.5, 0.6) is 0 Å². The Kier molecular flexibility index (Phi) is 6.10. The zero-order valence-corrected chi connectivity index (χ0v) is 14.7. The van der Waals surface area contributed by atoms with Gasteiger partial charge in [-0.3, -0.25) is 0 Å². The molecular weight excluding hydrogens is 310 g/mol. The zero-order chi connectivity index (χ0) is 14.5. The fourth-order valence-corrected chi connectivity index (χ4v) is 3.87. The zero-order valence-electron chi connectivity index (χ0n) is 13.1. The predicted octanol–water partition coefficient (Wildman–Crippen LogP) is 5.62. The molecule has 112 valence electrons. The highest BCUT2D eigenvalue weighted by Gasteiger charge is 2.28. The van der Waals surface area contributed by atoms with Crippen LogP contribution in [0, 0.1) is 18.8 Å². The number of hydrogen-bond donors (Lipinski definition) is 1. The minimum absolute atomic E-state index is 0.511. The quantitative estimate of drug-likeness (QED) is 0.734. The molecule has 2 heteroatoms. The summed E-state index contributed by atoms with van der Waals surface area (Å²) in [7, 11) is 0. The molecule has 1 aromatic carbocycles. The third kappa shape index (κ3) is 3.85. The normalized spacial score (nSPS) is 24.6. The van der Waals surface area contributed by atoms with E-state index in [1.807, 2.05) is 0 Å². The summed E-state index contributed by atoms with van der Waals surface area (Å²) in [6.45, 7) is 7.94. The topological polar surface area (TPSA) is 12.0 Å². The minimum Gasteiger partial charge on any atom is -0.310 e. The van der Waals surface area contributed by atoms with Crippen LogP contribution in [0.1, 0.15) is 63.1 Å². The van der Waals surface area contributed by atoms with Crippen LogP contribution in [-0.2, 0) is 0 Å². The van der Waals surface area contributed by atoms with Gasteiger partial charge in [0.25, 0.3) is 0 Å². The van der Waals surface area contributed by atoms with Crippen molar-refractivity contribution in [2.45, 2.75) is 58.9 Å². The van der Waals surface area contributed by atoms with Gasteiger partial charge in [-0.05, 0) is 55.7 Å². The summed E-state index contributed by atoms with van der Waals surface area (Å²) in [5.41, 5.74) is 2.80. The van der Waals surface area contributed by atoms with Crippen molar-refractivity contribution >= 4 is 15.9 Å². The average Bonchev–Trinajstić information content (AvgIpc) is 2.45. The van der Waals surface area contributed by atoms with Gasteiger partial charge < -0.3 is 5.32 Å². The van der Waals surface area contributed by atoms with Crippen molar-refractivity contribution < 1.29 is 0 Å². The minimum atomic E-state index is 0.511. The molecule has 1 nitrogen and oxygen atoms in total. The summed E-state index contributed by atoms with van der Waals surface area (Å²) < 4.78 is 1.30. The highest BCUT2D eigenvalue weighted by molar-refractivity contribution is 9.10. The molecule has 20 heavy (non-hydrogen) atoms. The van der Waals surface area contributed by atoms with Crippen molar-refractivity contribution in [2.24, 2.45) is 11.8 Å². The molecule has 2 rings (SSSR count). The first-order valence-electron chi connectivity index (χ1n) is 8.11. The Morgan fingerprint density at radius 2 is 1.95 bits per heavy atom. The largest absolute Gasteiger partial charge is 0.310 e. The van der Waals surface area contributed by atoms with Crippen molar-refractivity contribution in [1.29, 1.82) is 0 Å². The van der Waals surface area contributed by atoms with E-state index >= 15 is 0 Å². The summed E-state index contributed by atoms with van der Waals surface area (Å²) in [5, 5.41) is 3.81. The number of halogens is 1. The maximum Gasteiger partial charge on any atom is 0.0359 e. The fraction of sp³-hybridized carbons (Fsp3) is 0.667. The highest BCUT2D eigenvalue weighted by Crippen LogP contribution is 2.39. The van der Waals surface area contributed by atoms with Crippen LogP contribution >= 0.6 is 15.9 Å². The van der Waals surface area contributed by atoms with Gasteiger partial charge in [0.1, 0.15) is 0 Å². The van der Waals surface area contributed by atoms with Crippen LogP contribution in [0.25, 0.3) is 0 Å². The summed E-state index contributed by atoms with van der Waals surface area (Å²) in [6.07, 6.45) is 6.70. The van der Waals surface area contributed by atoms with Crippen molar-refractivity contribution in [2.75, 3.05) is 6.54 Å². The molecule has 1 saturated carbocycles. The smallest absolute Gasteiger partial charge is 0.0359 e. The summed E-state index contributed by atoms with van der Waals surface area (Å²) in [5.74, 6) is 1.70. The Bertz CT molecular complexity index is 421. The highest BCUT2D eigenvalue weighted by atomic mass is 79.9. The van der Waals surface area contributed by atoms with Crippen molar-refractivity contribution in [3.05, 3.63) is 33.8 Å². The maximum atomic E-state index is 3.81. The molecule has 1 aromatic rings. The summed E-state index contributed by atoms with van der Waals surface area (Å²) in [4.78, 5) is 0. The van der Waals surface area contributed by atoms with E-state index in [0.29, 0.717) is 6.04 Å². The maximum absolute atomic E-state index is 3.81. The second-order valence-corrected chi connectivity index (χ2v) is 7.22. The average molecular weight is 338 g/mol. The molecule has 1 aliphatic carbocycles. The van der Waals surface area contributed by atoms with E-state index in [1.165, 1.54) is 47.7 Å². The Morgan fingerprint density at radius 3 is 2.60 bits per heavy atom. The molecule has 1 fully saturated rings. The summed E-state index contributed by atoms with van der Waals surface area (Å²) >= 11 is 3.81. The van der Waals surface area contributed by atoms with Gasteiger partial charge in [-0.2, -0.15) is 0 Å². The number of hydrogen-bond acceptors (Lipinski definition) is 1. The van der Waals surface area contributed by atoms with E-state index in [2.05, 4.69) is 60.2 Å². The molecule has 0 aliphatic heterocycles. The molecule has 1 atom stereocenters. The van der Waals surface area contributed by atoms with Gasteiger partial charge in [-0.1, -0.05) is 60.8 Å². The lowest BCUT2D eigenvalue weighted by Gasteiger charge is -2.34. The van der Waals surface area contributed by atoms with Crippen molar-refractivity contribution in [3.63, 3.8) is 0 Å². The summed E-state index contributed by atoms with van der Waals surface area (Å²) in [6, 6.07) is 7.19. The second-order valence-electron chi connectivity index (χ2n) is 6.43. The van der Waals surface area contributed by atoms with Crippen LogP contribution in [0.4, 0.5) is 0 Å². The molecular formula is C18H28BrN. The standard InChI is InChI=1S/C18H28BrN/c1-4-12-20-18(15-10-8-13(2)9-11-15)16-7-5-6-14(3)17(16)19/h5-7,13,15,18,20H,4,8-12H2,1-3H3. The predicted molar refractivity (Wildman–Crippen MR) is 91.0 cm³/mol. The molecule has 1 aliphatic rings. The number of rotatable bonds is 5. The molecule has 0 bridgehead atoms. The van der Waals surface area contributed by atoms with Gasteiger partial charge in [-0.25, -0.2) is 0 Å². The number of nitrogens with one attached hydrogen (secondary N) is 1. The van der Waals surface area contributed by atoms with E-state index < -0.39 is 0 Å². The number of aryl methyl sites for hydroxylation is 1. The van der Waals surface area contributed by atoms with Crippen LogP contribution in [0.2, 0.25) is 0 Å². The van der Waals surface area contributed by atoms with Gasteiger partial charge in [0.15, 0.2) is 0 Å². The van der Waals surface area contributed by atoms with Crippen LogP contribution in [0.15, 0.2) is 22.7 Å². The van der Waals surface area contributed by atoms with Crippen LogP contribution < -0.4 is 5.32 Å². The molecule has 0 radical (unpaired) electrons. The van der Waals surface area contributed by atoms with Gasteiger partial charge in [0, 0.05) is 10.5 Å². The lowest BCUT2D eigenvalue weighted by Crippen LogP contribution is -2.31. The Labute approximate surface area is 132 Å². The lowest BCUT2D eigenvalue weighted by molar-refractivity contribution is 0.231.